The molecule has 0 aliphatic carbocycles. The van der Waals surface area contributed by atoms with E-state index in [1.165, 1.54) is 0 Å². The number of nitroso groups, excluding NO2 is 1. The Balaban J connectivity index is 2.39. The van der Waals surface area contributed by atoms with Gasteiger partial charge in [0.1, 0.15) is 0 Å². The Morgan fingerprint density at radius 3 is 1.86 bits per heavy atom. The van der Waals surface area contributed by atoms with Crippen LogP contribution in [0.2, 0.25) is 0 Å². The Morgan fingerprint density at radius 2 is 1.29 bits per heavy atom. The first-order valence-electron chi connectivity index (χ1n) is 4.44. The molecule has 0 atom stereocenters. The van der Waals surface area contributed by atoms with Crippen LogP contribution in [0.4, 0.5) is 5.69 Å². The highest BCUT2D eigenvalue weighted by Gasteiger charge is 1.99. The summed E-state index contributed by atoms with van der Waals surface area (Å²) in [6, 6.07) is 17.5. The average molecular weight is 184 g/mol. The molecule has 0 fully saturated rings. The fourth-order valence-corrected chi connectivity index (χ4v) is 1.36. The minimum Gasteiger partial charge on any atom is -0.0622 e. The van der Waals surface area contributed by atoms with Gasteiger partial charge >= 0.3 is 0 Å². The van der Waals surface area contributed by atoms with Crippen molar-refractivity contribution in [2.24, 2.45) is 0 Å². The number of benzene rings is 2. The Labute approximate surface area is 82.2 Å². The predicted octanol–water partition coefficient (Wildman–Crippen LogP) is 1.83. The highest BCUT2D eigenvalue weighted by molar-refractivity contribution is 5.64. The predicted molar refractivity (Wildman–Crippen MR) is 55.9 cm³/mol. The summed E-state index contributed by atoms with van der Waals surface area (Å²) >= 11 is 0. The van der Waals surface area contributed by atoms with Gasteiger partial charge in [-0.2, -0.15) is 0 Å². The van der Waals surface area contributed by atoms with E-state index >= 15 is 0 Å². The van der Waals surface area contributed by atoms with Gasteiger partial charge in [0.05, 0.1) is 0 Å². The molecular weight excluding hydrogens is 174 g/mol. The lowest BCUT2D eigenvalue weighted by atomic mass is 10.1. The van der Waals surface area contributed by atoms with Gasteiger partial charge in [-0.05, 0) is 23.3 Å². The Hall–Kier alpha value is -1.96. The third-order valence-electron chi connectivity index (χ3n) is 2.11. The van der Waals surface area contributed by atoms with E-state index in [4.69, 9.17) is 0 Å². The summed E-state index contributed by atoms with van der Waals surface area (Å²) in [5.74, 6) is 0. The number of rotatable bonds is 2. The molecule has 0 saturated carbocycles. The van der Waals surface area contributed by atoms with Crippen molar-refractivity contribution in [2.45, 2.75) is 0 Å². The molecule has 0 amide bonds. The zero-order chi connectivity index (χ0) is 9.80. The molecule has 2 nitrogen and oxygen atoms in total. The van der Waals surface area contributed by atoms with Gasteiger partial charge in [-0.25, -0.2) is 0 Å². The van der Waals surface area contributed by atoms with Crippen LogP contribution in [-0.4, -0.2) is 0 Å². The first kappa shape index (κ1) is 8.63. The number of hydrogen-bond acceptors (Lipinski definition) is 1. The van der Waals surface area contributed by atoms with Crippen molar-refractivity contribution < 1.29 is 5.18 Å². The molecule has 0 spiro atoms. The second kappa shape index (κ2) is 3.83. The molecule has 2 heteroatoms. The average Bonchev–Trinajstić information content (AvgIpc) is 2.30. The molecule has 0 radical (unpaired) electrons. The molecule has 0 aliphatic rings. The van der Waals surface area contributed by atoms with Crippen molar-refractivity contribution in [3.8, 4) is 11.1 Å². The lowest BCUT2D eigenvalue weighted by Gasteiger charge is -1.98. The zero-order valence-electron chi connectivity index (χ0n) is 7.60. The molecule has 0 saturated heterocycles. The Morgan fingerprint density at radius 1 is 0.714 bits per heavy atom. The van der Waals surface area contributed by atoms with Gasteiger partial charge in [-0.3, -0.25) is 0 Å². The lowest BCUT2D eigenvalue weighted by molar-refractivity contribution is -0.379. The first-order chi connectivity index (χ1) is 6.90. The Bertz CT molecular complexity index is 420. The zero-order valence-corrected chi connectivity index (χ0v) is 7.60. The summed E-state index contributed by atoms with van der Waals surface area (Å²) in [4.78, 5) is 10.3. The number of nitrogens with one attached hydrogen (secondary N) is 1. The van der Waals surface area contributed by atoms with E-state index in [9.17, 15) is 4.91 Å². The maximum absolute atomic E-state index is 10.3. The van der Waals surface area contributed by atoms with Crippen molar-refractivity contribution >= 4 is 5.69 Å². The van der Waals surface area contributed by atoms with E-state index in [2.05, 4.69) is 0 Å². The quantitative estimate of drug-likeness (QED) is 0.758. The molecule has 0 unspecified atom stereocenters. The van der Waals surface area contributed by atoms with Crippen molar-refractivity contribution in [1.82, 2.24) is 0 Å². The summed E-state index contributed by atoms with van der Waals surface area (Å²) in [7, 11) is 0. The highest BCUT2D eigenvalue weighted by Crippen LogP contribution is 2.19. The van der Waals surface area contributed by atoms with E-state index in [0.717, 1.165) is 11.1 Å². The standard InChI is InChI=1S/C12H9NO/c14-13-12-8-6-11(7-9-12)10-4-2-1-3-5-10/h1-9H/p+1. The third kappa shape index (κ3) is 1.69. The molecule has 0 aromatic heterocycles. The molecule has 2 aromatic rings. The van der Waals surface area contributed by atoms with Gasteiger partial charge < -0.3 is 0 Å². The van der Waals surface area contributed by atoms with Gasteiger partial charge in [0, 0.05) is 22.2 Å². The van der Waals surface area contributed by atoms with Crippen molar-refractivity contribution in [2.75, 3.05) is 0 Å². The summed E-state index contributed by atoms with van der Waals surface area (Å²) < 4.78 is 0. The second-order valence-electron chi connectivity index (χ2n) is 3.05. The van der Waals surface area contributed by atoms with E-state index < -0.39 is 0 Å². The van der Waals surface area contributed by atoms with Crippen LogP contribution in [0.5, 0.6) is 0 Å². The molecule has 0 heterocycles. The van der Waals surface area contributed by atoms with Crippen LogP contribution in [0.3, 0.4) is 0 Å². The molecule has 68 valence electrons. The van der Waals surface area contributed by atoms with Gasteiger partial charge in [-0.15, -0.1) is 0 Å². The van der Waals surface area contributed by atoms with Crippen LogP contribution in [-0.2, 0) is 0 Å². The largest absolute Gasteiger partial charge is 0.253 e. The van der Waals surface area contributed by atoms with Crippen LogP contribution < -0.4 is 5.18 Å². The summed E-state index contributed by atoms with van der Waals surface area (Å²) in [6.07, 6.45) is 0. The maximum atomic E-state index is 10.3. The SMILES string of the molecule is O=[NH+]c1ccc(-c2ccccc2)cc1. The van der Waals surface area contributed by atoms with Crippen LogP contribution in [0.1, 0.15) is 0 Å². The van der Waals surface area contributed by atoms with Crippen molar-refractivity contribution in [3.63, 3.8) is 0 Å². The molecule has 2 aromatic carbocycles. The van der Waals surface area contributed by atoms with Crippen LogP contribution in [0, 0.1) is 4.91 Å². The third-order valence-corrected chi connectivity index (χ3v) is 2.11. The minimum atomic E-state index is 0.588. The normalized spacial score (nSPS) is 9.71. The van der Waals surface area contributed by atoms with Gasteiger partial charge in [0.2, 0.25) is 0 Å². The van der Waals surface area contributed by atoms with Gasteiger partial charge in [0.25, 0.3) is 5.69 Å². The van der Waals surface area contributed by atoms with Gasteiger partial charge in [-0.1, -0.05) is 30.3 Å². The lowest BCUT2D eigenvalue weighted by Crippen LogP contribution is -2.55. The first-order valence-corrected chi connectivity index (χ1v) is 4.44. The summed E-state index contributed by atoms with van der Waals surface area (Å²) in [5, 5.41) is 1.86. The topological polar surface area (TPSA) is 31.0 Å². The van der Waals surface area contributed by atoms with Crippen molar-refractivity contribution in [1.29, 1.82) is 0 Å². The van der Waals surface area contributed by atoms with E-state index in [-0.39, 0.29) is 0 Å². The smallest absolute Gasteiger partial charge is 0.0622 e. The second-order valence-corrected chi connectivity index (χ2v) is 3.05. The molecule has 2 rings (SSSR count). The van der Waals surface area contributed by atoms with Crippen molar-refractivity contribution in [3.05, 3.63) is 59.5 Å². The fraction of sp³-hybridized carbons (Fsp3) is 0. The van der Waals surface area contributed by atoms with E-state index in [1.54, 1.807) is 12.1 Å². The minimum absolute atomic E-state index is 0.588. The maximum Gasteiger partial charge on any atom is 0.253 e. The fourth-order valence-electron chi connectivity index (χ4n) is 1.36. The summed E-state index contributed by atoms with van der Waals surface area (Å²) in [5.41, 5.74) is 2.86. The monoisotopic (exact) mass is 184 g/mol. The molecule has 1 N–H and O–H groups in total. The summed E-state index contributed by atoms with van der Waals surface area (Å²) in [6.45, 7) is 0. The van der Waals surface area contributed by atoms with E-state index in [0.29, 0.717) is 5.69 Å². The molecule has 0 bridgehead atoms. The highest BCUT2D eigenvalue weighted by atomic mass is 16.3. The molecule has 14 heavy (non-hydrogen) atoms. The molecular formula is C12H10NO+. The number of hydrogen-bond donors (Lipinski definition) is 1. The molecule has 0 aliphatic heterocycles. The van der Waals surface area contributed by atoms with Crippen LogP contribution >= 0.6 is 0 Å². The Kier molecular flexibility index (Phi) is 2.36. The van der Waals surface area contributed by atoms with Crippen LogP contribution in [0.25, 0.3) is 11.1 Å². The van der Waals surface area contributed by atoms with Crippen LogP contribution in [0.15, 0.2) is 54.6 Å². The van der Waals surface area contributed by atoms with E-state index in [1.807, 2.05) is 47.6 Å². The van der Waals surface area contributed by atoms with Gasteiger partial charge in [0.15, 0.2) is 0 Å².